The van der Waals surface area contributed by atoms with Crippen LogP contribution in [0, 0.1) is 5.92 Å². The summed E-state index contributed by atoms with van der Waals surface area (Å²) in [5.74, 6) is 0.574. The van der Waals surface area contributed by atoms with E-state index >= 15 is 0 Å². The molecule has 0 aromatic heterocycles. The molecule has 1 N–H and O–H groups in total. The summed E-state index contributed by atoms with van der Waals surface area (Å²) >= 11 is 0. The predicted octanol–water partition coefficient (Wildman–Crippen LogP) is 0.694. The Labute approximate surface area is 64.6 Å². The van der Waals surface area contributed by atoms with Crippen molar-refractivity contribution in [3.8, 4) is 0 Å². The van der Waals surface area contributed by atoms with Crippen LogP contribution >= 0.6 is 0 Å². The lowest BCUT2D eigenvalue weighted by molar-refractivity contribution is -0.347. The molecule has 3 rings (SSSR count). The smallest absolute Gasteiger partial charge is 0.0984 e. The molecule has 4 heteroatoms. The van der Waals surface area contributed by atoms with E-state index in [2.05, 4.69) is 5.48 Å². The van der Waals surface area contributed by atoms with Crippen molar-refractivity contribution in [3.63, 3.8) is 0 Å². The van der Waals surface area contributed by atoms with E-state index in [1.54, 1.807) is 0 Å². The third-order valence-corrected chi connectivity index (χ3v) is 2.62. The van der Waals surface area contributed by atoms with Crippen molar-refractivity contribution < 1.29 is 9.78 Å². The summed E-state index contributed by atoms with van der Waals surface area (Å²) in [6.45, 7) is 0. The minimum absolute atomic E-state index is 0.378. The molecule has 0 radical (unpaired) electrons. The van der Waals surface area contributed by atoms with Gasteiger partial charge in [0, 0.05) is 5.92 Å². The maximum atomic E-state index is 5.49. The van der Waals surface area contributed by atoms with Crippen molar-refractivity contribution in [3.05, 3.63) is 11.9 Å². The molecule has 2 atom stereocenters. The van der Waals surface area contributed by atoms with Crippen LogP contribution in [0.25, 0.3) is 0 Å². The van der Waals surface area contributed by atoms with Gasteiger partial charge in [-0.1, -0.05) is 0 Å². The summed E-state index contributed by atoms with van der Waals surface area (Å²) in [5.41, 5.74) is 3.84. The van der Waals surface area contributed by atoms with E-state index in [0.29, 0.717) is 12.0 Å². The van der Waals surface area contributed by atoms with Crippen LogP contribution in [0.15, 0.2) is 11.9 Å². The second-order valence-electron chi connectivity index (χ2n) is 3.22. The van der Waals surface area contributed by atoms with Gasteiger partial charge in [0.15, 0.2) is 0 Å². The lowest BCUT2D eigenvalue weighted by Crippen LogP contribution is -2.18. The van der Waals surface area contributed by atoms with Crippen LogP contribution < -0.4 is 5.48 Å². The first-order valence-corrected chi connectivity index (χ1v) is 4.04. The van der Waals surface area contributed by atoms with Gasteiger partial charge < -0.3 is 0 Å². The molecule has 11 heavy (non-hydrogen) atoms. The normalized spacial score (nSPS) is 40.0. The van der Waals surface area contributed by atoms with Crippen molar-refractivity contribution in [2.24, 2.45) is 5.92 Å². The van der Waals surface area contributed by atoms with E-state index in [1.165, 1.54) is 24.5 Å². The molecule has 0 amide bonds. The average molecular weight is 154 g/mol. The number of nitrogens with zero attached hydrogens (tertiary/aromatic N) is 1. The molecule has 1 aliphatic carbocycles. The molecule has 60 valence electrons. The van der Waals surface area contributed by atoms with Crippen molar-refractivity contribution in [1.82, 2.24) is 10.7 Å². The number of rotatable bonds is 0. The number of hydroxylamine groups is 3. The lowest BCUT2D eigenvalue weighted by Gasteiger charge is -2.10. The average Bonchev–Trinajstić information content (AvgIpc) is 2.52. The Balaban J connectivity index is 1.94. The quantitative estimate of drug-likeness (QED) is 0.556. The second-order valence-corrected chi connectivity index (χ2v) is 3.22. The number of nitrogens with one attached hydrogen (secondary N) is 1. The molecule has 4 nitrogen and oxygen atoms in total. The summed E-state index contributed by atoms with van der Waals surface area (Å²) in [7, 11) is 0. The number of fused-ring (bicyclic) bond motifs is 3. The first kappa shape index (κ1) is 5.85. The summed E-state index contributed by atoms with van der Waals surface area (Å²) in [4.78, 5) is 10.5. The third-order valence-electron chi connectivity index (χ3n) is 2.62. The molecular weight excluding hydrogens is 144 g/mol. The molecule has 2 heterocycles. The van der Waals surface area contributed by atoms with Crippen molar-refractivity contribution in [2.45, 2.75) is 25.4 Å². The second kappa shape index (κ2) is 1.89. The molecule has 3 aliphatic rings. The fraction of sp³-hybridized carbons (Fsp3) is 0.714. The van der Waals surface area contributed by atoms with Crippen LogP contribution in [0.5, 0.6) is 0 Å². The topological polar surface area (TPSA) is 33.7 Å². The van der Waals surface area contributed by atoms with Crippen LogP contribution in [0.3, 0.4) is 0 Å². The van der Waals surface area contributed by atoms with Crippen LogP contribution in [0.2, 0.25) is 0 Å². The maximum Gasteiger partial charge on any atom is 0.0984 e. The summed E-state index contributed by atoms with van der Waals surface area (Å²) in [6, 6.07) is 0. The highest BCUT2D eigenvalue weighted by Crippen LogP contribution is 2.42. The lowest BCUT2D eigenvalue weighted by atomic mass is 10.0. The first-order chi connectivity index (χ1) is 5.45. The molecule has 0 bridgehead atoms. The molecule has 1 saturated carbocycles. The minimum Gasteiger partial charge on any atom is -0.245 e. The highest BCUT2D eigenvalue weighted by atomic mass is 17.0. The summed E-state index contributed by atoms with van der Waals surface area (Å²) in [6.07, 6.45) is 5.94. The van der Waals surface area contributed by atoms with E-state index in [0.717, 1.165) is 5.70 Å². The summed E-state index contributed by atoms with van der Waals surface area (Å²) in [5, 5.41) is 1.51. The van der Waals surface area contributed by atoms with Gasteiger partial charge >= 0.3 is 0 Å². The van der Waals surface area contributed by atoms with Crippen LogP contribution in [0.4, 0.5) is 0 Å². The monoisotopic (exact) mass is 154 g/mol. The summed E-state index contributed by atoms with van der Waals surface area (Å²) < 4.78 is 0. The van der Waals surface area contributed by atoms with E-state index in [-0.39, 0.29) is 0 Å². The van der Waals surface area contributed by atoms with E-state index in [1.807, 2.05) is 6.20 Å². The highest BCUT2D eigenvalue weighted by molar-refractivity contribution is 5.11. The van der Waals surface area contributed by atoms with Gasteiger partial charge in [-0.3, -0.25) is 0 Å². The zero-order valence-electron chi connectivity index (χ0n) is 6.12. The molecular formula is C7H10N2O2. The van der Waals surface area contributed by atoms with Gasteiger partial charge in [0.1, 0.15) is 0 Å². The van der Waals surface area contributed by atoms with Crippen LogP contribution in [-0.2, 0) is 9.78 Å². The van der Waals surface area contributed by atoms with Gasteiger partial charge in [-0.05, 0) is 19.3 Å². The van der Waals surface area contributed by atoms with E-state index in [4.69, 9.17) is 9.78 Å². The Kier molecular flexibility index (Phi) is 1.01. The Morgan fingerprint density at radius 3 is 3.55 bits per heavy atom. The van der Waals surface area contributed by atoms with Gasteiger partial charge in [-0.15, -0.1) is 10.2 Å². The zero-order chi connectivity index (χ0) is 7.26. The van der Waals surface area contributed by atoms with Gasteiger partial charge in [-0.25, -0.2) is 10.3 Å². The first-order valence-electron chi connectivity index (χ1n) is 4.04. The molecule has 2 fully saturated rings. The predicted molar refractivity (Wildman–Crippen MR) is 36.4 cm³/mol. The molecule has 0 spiro atoms. The van der Waals surface area contributed by atoms with Crippen molar-refractivity contribution in [1.29, 1.82) is 0 Å². The maximum absolute atomic E-state index is 5.49. The Bertz CT molecular complexity index is 216. The third kappa shape index (κ3) is 0.657. The standard InChI is InChI=1S/C7H10N2O2/c1-2-5-6-4-8-11-9(6)10-7(5)3-1/h4-5,7-8H,1-3H2/t5-,7-/m0/s1. The van der Waals surface area contributed by atoms with Crippen LogP contribution in [-0.4, -0.2) is 11.3 Å². The van der Waals surface area contributed by atoms with Crippen molar-refractivity contribution >= 4 is 0 Å². The van der Waals surface area contributed by atoms with Gasteiger partial charge in [0.2, 0.25) is 0 Å². The number of hydrogen-bond acceptors (Lipinski definition) is 4. The Hall–Kier alpha value is -0.740. The molecule has 0 aromatic rings. The van der Waals surface area contributed by atoms with E-state index in [9.17, 15) is 0 Å². The Morgan fingerprint density at radius 2 is 2.55 bits per heavy atom. The SMILES string of the molecule is C1=C2[C@@H]3CCC[C@@H]3ON2ON1. The number of hydrogen-bond donors (Lipinski definition) is 1. The Morgan fingerprint density at radius 1 is 1.55 bits per heavy atom. The van der Waals surface area contributed by atoms with Crippen LogP contribution in [0.1, 0.15) is 19.3 Å². The minimum atomic E-state index is 0.378. The molecule has 0 unspecified atom stereocenters. The van der Waals surface area contributed by atoms with Gasteiger partial charge in [0.25, 0.3) is 0 Å². The van der Waals surface area contributed by atoms with Crippen molar-refractivity contribution in [2.75, 3.05) is 0 Å². The zero-order valence-corrected chi connectivity index (χ0v) is 6.12. The van der Waals surface area contributed by atoms with Gasteiger partial charge in [-0.2, -0.15) is 0 Å². The molecule has 2 aliphatic heterocycles. The van der Waals surface area contributed by atoms with Gasteiger partial charge in [0.05, 0.1) is 18.0 Å². The largest absolute Gasteiger partial charge is 0.245 e. The fourth-order valence-electron chi connectivity index (χ4n) is 2.08. The molecule has 1 saturated heterocycles. The van der Waals surface area contributed by atoms with E-state index < -0.39 is 0 Å². The fourth-order valence-corrected chi connectivity index (χ4v) is 2.08. The highest BCUT2D eigenvalue weighted by Gasteiger charge is 2.44. The molecule has 0 aromatic carbocycles.